The van der Waals surface area contributed by atoms with Gasteiger partial charge in [-0.25, -0.2) is 0 Å². The molecule has 1 saturated carbocycles. The molecule has 98 valence electrons. The highest BCUT2D eigenvalue weighted by Gasteiger charge is 2.33. The Hall–Kier alpha value is -0.250. The number of nitrogens with one attached hydrogen (secondary N) is 1. The van der Waals surface area contributed by atoms with Crippen LogP contribution in [-0.4, -0.2) is 25.7 Å². The minimum absolute atomic E-state index is 0.668. The predicted octanol–water partition coefficient (Wildman–Crippen LogP) is 3.68. The number of rotatable bonds is 2. The van der Waals surface area contributed by atoms with E-state index in [1.165, 1.54) is 24.9 Å². The average molecular weight is 330 g/mol. The monoisotopic (exact) mass is 328 g/mol. The number of anilines is 1. The van der Waals surface area contributed by atoms with Crippen LogP contribution >= 0.6 is 27.5 Å². The molecule has 1 aromatic carbocycles. The van der Waals surface area contributed by atoms with E-state index in [1.54, 1.807) is 0 Å². The van der Waals surface area contributed by atoms with Gasteiger partial charge in [0.05, 0.1) is 5.02 Å². The molecule has 1 N–H and O–H groups in total. The SMILES string of the molecule is Clc1ccc(N2CCCNC(C3CC3)C2)cc1Br. The third kappa shape index (κ3) is 2.84. The van der Waals surface area contributed by atoms with Gasteiger partial charge in [0.1, 0.15) is 0 Å². The first-order valence-corrected chi connectivity index (χ1v) is 7.84. The summed E-state index contributed by atoms with van der Waals surface area (Å²) < 4.78 is 0.988. The van der Waals surface area contributed by atoms with Gasteiger partial charge in [0, 0.05) is 29.3 Å². The summed E-state index contributed by atoms with van der Waals surface area (Å²) in [5, 5.41) is 4.47. The molecule has 2 fully saturated rings. The van der Waals surface area contributed by atoms with Gasteiger partial charge in [0.2, 0.25) is 0 Å². The van der Waals surface area contributed by atoms with Crippen LogP contribution in [0.4, 0.5) is 5.69 Å². The largest absolute Gasteiger partial charge is 0.370 e. The third-order valence-electron chi connectivity index (χ3n) is 3.89. The number of hydrogen-bond donors (Lipinski definition) is 1. The van der Waals surface area contributed by atoms with Crippen molar-refractivity contribution < 1.29 is 0 Å². The first-order chi connectivity index (χ1) is 8.74. The Morgan fingerprint density at radius 1 is 1.33 bits per heavy atom. The van der Waals surface area contributed by atoms with E-state index in [-0.39, 0.29) is 0 Å². The Labute approximate surface area is 122 Å². The van der Waals surface area contributed by atoms with Gasteiger partial charge in [-0.1, -0.05) is 11.6 Å². The van der Waals surface area contributed by atoms with Crippen molar-refractivity contribution in [1.29, 1.82) is 0 Å². The molecule has 1 unspecified atom stereocenters. The maximum atomic E-state index is 6.06. The van der Waals surface area contributed by atoms with E-state index < -0.39 is 0 Å². The van der Waals surface area contributed by atoms with E-state index in [4.69, 9.17) is 11.6 Å². The molecule has 0 bridgehead atoms. The van der Waals surface area contributed by atoms with Crippen molar-refractivity contribution in [2.24, 2.45) is 5.92 Å². The zero-order chi connectivity index (χ0) is 12.5. The molecule has 1 aromatic rings. The molecule has 2 nitrogen and oxygen atoms in total. The van der Waals surface area contributed by atoms with Crippen LogP contribution in [0.5, 0.6) is 0 Å². The summed E-state index contributed by atoms with van der Waals surface area (Å²) in [6.07, 6.45) is 4.01. The lowest BCUT2D eigenvalue weighted by atomic mass is 10.1. The summed E-state index contributed by atoms with van der Waals surface area (Å²) in [5.41, 5.74) is 1.28. The van der Waals surface area contributed by atoms with Crippen molar-refractivity contribution in [3.8, 4) is 0 Å². The quantitative estimate of drug-likeness (QED) is 0.890. The summed E-state index contributed by atoms with van der Waals surface area (Å²) in [6.45, 7) is 3.40. The summed E-state index contributed by atoms with van der Waals surface area (Å²) >= 11 is 9.58. The van der Waals surface area contributed by atoms with Crippen molar-refractivity contribution in [2.45, 2.75) is 25.3 Å². The molecule has 1 aliphatic carbocycles. The Morgan fingerprint density at radius 2 is 2.17 bits per heavy atom. The summed E-state index contributed by atoms with van der Waals surface area (Å²) in [6, 6.07) is 6.91. The normalized spacial score (nSPS) is 25.0. The van der Waals surface area contributed by atoms with Gasteiger partial charge in [0.15, 0.2) is 0 Å². The number of halogens is 2. The van der Waals surface area contributed by atoms with Crippen molar-refractivity contribution in [1.82, 2.24) is 5.32 Å². The predicted molar refractivity (Wildman–Crippen MR) is 80.5 cm³/mol. The van der Waals surface area contributed by atoms with Crippen LogP contribution in [0.25, 0.3) is 0 Å². The molecule has 3 rings (SSSR count). The van der Waals surface area contributed by atoms with Crippen LogP contribution in [0.2, 0.25) is 5.02 Å². The molecule has 2 aliphatic rings. The first-order valence-electron chi connectivity index (χ1n) is 6.67. The molecule has 1 saturated heterocycles. The Kier molecular flexibility index (Phi) is 3.83. The second-order valence-corrected chi connectivity index (χ2v) is 6.56. The van der Waals surface area contributed by atoms with Crippen molar-refractivity contribution in [3.05, 3.63) is 27.7 Å². The van der Waals surface area contributed by atoms with Gasteiger partial charge in [-0.15, -0.1) is 0 Å². The third-order valence-corrected chi connectivity index (χ3v) is 5.10. The van der Waals surface area contributed by atoms with Crippen LogP contribution in [0.3, 0.4) is 0 Å². The lowest BCUT2D eigenvalue weighted by molar-refractivity contribution is 0.490. The molecule has 18 heavy (non-hydrogen) atoms. The van der Waals surface area contributed by atoms with Crippen LogP contribution < -0.4 is 10.2 Å². The highest BCUT2D eigenvalue weighted by Crippen LogP contribution is 2.35. The van der Waals surface area contributed by atoms with Crippen LogP contribution in [-0.2, 0) is 0 Å². The molecule has 1 atom stereocenters. The minimum atomic E-state index is 0.668. The second kappa shape index (κ2) is 5.40. The summed E-state index contributed by atoms with van der Waals surface area (Å²) in [7, 11) is 0. The van der Waals surface area contributed by atoms with E-state index in [0.29, 0.717) is 6.04 Å². The molecular weight excluding hydrogens is 312 g/mol. The van der Waals surface area contributed by atoms with Crippen molar-refractivity contribution in [2.75, 3.05) is 24.5 Å². The van der Waals surface area contributed by atoms with Crippen LogP contribution in [0, 0.1) is 5.92 Å². The standard InChI is InChI=1S/C14H18BrClN2/c15-12-8-11(4-5-13(12)16)18-7-1-6-17-14(9-18)10-2-3-10/h4-5,8,10,14,17H,1-3,6-7,9H2. The zero-order valence-electron chi connectivity index (χ0n) is 10.3. The fourth-order valence-corrected chi connectivity index (χ4v) is 3.17. The van der Waals surface area contributed by atoms with E-state index in [2.05, 4.69) is 38.3 Å². The van der Waals surface area contributed by atoms with Gasteiger partial charge >= 0.3 is 0 Å². The average Bonchev–Trinajstić information content (AvgIpc) is 3.16. The van der Waals surface area contributed by atoms with Crippen molar-refractivity contribution >= 4 is 33.2 Å². The molecule has 0 spiro atoms. The zero-order valence-corrected chi connectivity index (χ0v) is 12.7. The van der Waals surface area contributed by atoms with Gasteiger partial charge in [-0.3, -0.25) is 0 Å². The van der Waals surface area contributed by atoms with Crippen LogP contribution in [0.15, 0.2) is 22.7 Å². The number of nitrogens with zero attached hydrogens (tertiary/aromatic N) is 1. The maximum Gasteiger partial charge on any atom is 0.0549 e. The molecular formula is C14H18BrClN2. The summed E-state index contributed by atoms with van der Waals surface area (Å²) in [4.78, 5) is 2.49. The van der Waals surface area contributed by atoms with E-state index in [9.17, 15) is 0 Å². The van der Waals surface area contributed by atoms with Crippen LogP contribution in [0.1, 0.15) is 19.3 Å². The molecule has 0 aromatic heterocycles. The van der Waals surface area contributed by atoms with E-state index in [0.717, 1.165) is 35.0 Å². The lowest BCUT2D eigenvalue weighted by Gasteiger charge is -2.26. The number of benzene rings is 1. The second-order valence-electron chi connectivity index (χ2n) is 5.30. The fraction of sp³-hybridized carbons (Fsp3) is 0.571. The highest BCUT2D eigenvalue weighted by molar-refractivity contribution is 9.10. The molecule has 4 heteroatoms. The fourth-order valence-electron chi connectivity index (χ4n) is 2.68. The minimum Gasteiger partial charge on any atom is -0.370 e. The highest BCUT2D eigenvalue weighted by atomic mass is 79.9. The molecule has 1 heterocycles. The van der Waals surface area contributed by atoms with Crippen molar-refractivity contribution in [3.63, 3.8) is 0 Å². The maximum absolute atomic E-state index is 6.06. The van der Waals surface area contributed by atoms with E-state index >= 15 is 0 Å². The van der Waals surface area contributed by atoms with Gasteiger partial charge in [-0.05, 0) is 65.9 Å². The van der Waals surface area contributed by atoms with Gasteiger partial charge < -0.3 is 10.2 Å². The molecule has 0 amide bonds. The summed E-state index contributed by atoms with van der Waals surface area (Å²) in [5.74, 6) is 0.904. The Morgan fingerprint density at radius 3 is 2.89 bits per heavy atom. The lowest BCUT2D eigenvalue weighted by Crippen LogP contribution is -2.39. The number of hydrogen-bond acceptors (Lipinski definition) is 2. The first kappa shape index (κ1) is 12.8. The van der Waals surface area contributed by atoms with Gasteiger partial charge in [-0.2, -0.15) is 0 Å². The Bertz CT molecular complexity index is 434. The van der Waals surface area contributed by atoms with E-state index in [1.807, 2.05) is 6.07 Å². The molecule has 0 radical (unpaired) electrons. The smallest absolute Gasteiger partial charge is 0.0549 e. The topological polar surface area (TPSA) is 15.3 Å². The van der Waals surface area contributed by atoms with Gasteiger partial charge in [0.25, 0.3) is 0 Å². The molecule has 1 aliphatic heterocycles. The Balaban J connectivity index is 1.78.